The lowest BCUT2D eigenvalue weighted by molar-refractivity contribution is -0.139. The number of carbonyl (C=O) groups excluding carboxylic acids is 2. The van der Waals surface area contributed by atoms with Gasteiger partial charge in [-0.05, 0) is 62.1 Å². The lowest BCUT2D eigenvalue weighted by Crippen LogP contribution is -2.44. The second kappa shape index (κ2) is 11.3. The minimum Gasteiger partial charge on any atom is -0.495 e. The summed E-state index contributed by atoms with van der Waals surface area (Å²) in [5.74, 6) is -1.23. The smallest absolute Gasteiger partial charge is 0.423 e. The van der Waals surface area contributed by atoms with E-state index in [1.165, 1.54) is 13.2 Å². The van der Waals surface area contributed by atoms with Crippen LogP contribution in [0.25, 0.3) is 0 Å². The number of halogens is 3. The van der Waals surface area contributed by atoms with E-state index in [9.17, 15) is 22.8 Å². The maximum absolute atomic E-state index is 14.0. The van der Waals surface area contributed by atoms with Crippen molar-refractivity contribution in [1.82, 2.24) is 25.1 Å². The number of carbonyl (C=O) groups is 2. The number of hydrogen-bond acceptors (Lipinski definition) is 8. The predicted octanol–water partition coefficient (Wildman–Crippen LogP) is 5.33. The molecule has 1 aliphatic carbocycles. The zero-order valence-corrected chi connectivity index (χ0v) is 24.6. The number of methoxy groups -OCH3 is 1. The highest BCUT2D eigenvalue weighted by molar-refractivity contribution is 6.03. The second-order valence-corrected chi connectivity index (χ2v) is 11.3. The van der Waals surface area contributed by atoms with Crippen LogP contribution in [0.4, 0.5) is 24.8 Å². The van der Waals surface area contributed by atoms with Gasteiger partial charge in [-0.3, -0.25) is 9.59 Å². The van der Waals surface area contributed by atoms with E-state index in [0.29, 0.717) is 17.4 Å². The Morgan fingerprint density at radius 1 is 1.14 bits per heavy atom. The molecule has 232 valence electrons. The number of fused-ring (bicyclic) bond motifs is 2. The van der Waals surface area contributed by atoms with Gasteiger partial charge >= 0.3 is 6.18 Å². The molecule has 2 N–H and O–H groups in total. The van der Waals surface area contributed by atoms with Crippen molar-refractivity contribution in [3.8, 4) is 17.4 Å². The summed E-state index contributed by atoms with van der Waals surface area (Å²) in [6.45, 7) is 4.94. The van der Waals surface area contributed by atoms with Gasteiger partial charge in [0.15, 0.2) is 0 Å². The van der Waals surface area contributed by atoms with Crippen molar-refractivity contribution in [1.29, 1.82) is 0 Å². The molecule has 3 heterocycles. The summed E-state index contributed by atoms with van der Waals surface area (Å²) in [6, 6.07) is 9.70. The SMILES string of the molecule is CCN1CCC(NC(=O)c2ccc(Nc3ncc(C(F)(F)F)c(Oc4cccc5c4C(=O)N(C)C54CC4)n3)c(OC)c2)CC1. The van der Waals surface area contributed by atoms with Crippen LogP contribution < -0.4 is 20.1 Å². The molecule has 2 aliphatic heterocycles. The fourth-order valence-corrected chi connectivity index (χ4v) is 6.01. The Balaban J connectivity index is 1.24. The Hall–Kier alpha value is -4.39. The Bertz CT molecular complexity index is 1600. The number of rotatable bonds is 8. The number of anilines is 2. The van der Waals surface area contributed by atoms with Gasteiger partial charge in [0, 0.05) is 37.9 Å². The van der Waals surface area contributed by atoms with E-state index in [0.717, 1.165) is 50.9 Å². The van der Waals surface area contributed by atoms with Gasteiger partial charge in [-0.25, -0.2) is 4.98 Å². The molecule has 13 heteroatoms. The molecule has 0 atom stereocenters. The van der Waals surface area contributed by atoms with Gasteiger partial charge in [0.25, 0.3) is 11.8 Å². The van der Waals surface area contributed by atoms with Crippen LogP contribution in [0.2, 0.25) is 0 Å². The van der Waals surface area contributed by atoms with Crippen LogP contribution in [0.3, 0.4) is 0 Å². The van der Waals surface area contributed by atoms with Gasteiger partial charge in [-0.2, -0.15) is 18.2 Å². The summed E-state index contributed by atoms with van der Waals surface area (Å²) in [7, 11) is 3.10. The first-order valence-electron chi connectivity index (χ1n) is 14.6. The fourth-order valence-electron chi connectivity index (χ4n) is 6.01. The number of piperidine rings is 1. The first-order valence-corrected chi connectivity index (χ1v) is 14.6. The molecule has 1 saturated carbocycles. The maximum atomic E-state index is 14.0. The third-order valence-electron chi connectivity index (χ3n) is 8.76. The van der Waals surface area contributed by atoms with Gasteiger partial charge < -0.3 is 29.9 Å². The Morgan fingerprint density at radius 3 is 2.55 bits per heavy atom. The number of alkyl halides is 3. The molecule has 6 rings (SSSR count). The minimum absolute atomic E-state index is 0.00779. The summed E-state index contributed by atoms with van der Waals surface area (Å²) in [6.07, 6.45) is -0.900. The van der Waals surface area contributed by atoms with E-state index in [-0.39, 0.29) is 40.9 Å². The summed E-state index contributed by atoms with van der Waals surface area (Å²) in [5, 5.41) is 5.94. The number of nitrogens with zero attached hydrogens (tertiary/aromatic N) is 4. The molecule has 3 aliphatic rings. The Morgan fingerprint density at radius 2 is 1.89 bits per heavy atom. The molecule has 44 heavy (non-hydrogen) atoms. The monoisotopic (exact) mass is 610 g/mol. The van der Waals surface area contributed by atoms with E-state index in [1.54, 1.807) is 42.3 Å². The largest absolute Gasteiger partial charge is 0.495 e. The van der Waals surface area contributed by atoms with E-state index in [4.69, 9.17) is 9.47 Å². The molecule has 1 aromatic heterocycles. The van der Waals surface area contributed by atoms with Gasteiger partial charge in [0.1, 0.15) is 17.1 Å². The van der Waals surface area contributed by atoms with Crippen molar-refractivity contribution in [2.24, 2.45) is 0 Å². The number of nitrogens with one attached hydrogen (secondary N) is 2. The normalized spacial score (nSPS) is 17.9. The standard InChI is InChI=1S/C31H33F3N6O4/c1-4-40-14-10-19(11-15-40)36-26(41)18-8-9-22(24(16-18)43-3)37-29-35-17-21(31(32,33)34)27(38-29)44-23-7-5-6-20-25(23)28(42)39(2)30(20)12-13-30/h5-9,16-17,19H,4,10-15H2,1-3H3,(H,36,41)(H,35,37,38). The summed E-state index contributed by atoms with van der Waals surface area (Å²) in [5.41, 5.74) is 0.0691. The fraction of sp³-hybridized carbons (Fsp3) is 0.419. The lowest BCUT2D eigenvalue weighted by atomic mass is 10.0. The van der Waals surface area contributed by atoms with Crippen molar-refractivity contribution < 1.29 is 32.2 Å². The topological polar surface area (TPSA) is 109 Å². The van der Waals surface area contributed by atoms with Gasteiger partial charge in [0.2, 0.25) is 11.8 Å². The van der Waals surface area contributed by atoms with Crippen molar-refractivity contribution >= 4 is 23.5 Å². The third kappa shape index (κ3) is 5.40. The number of hydrogen-bond donors (Lipinski definition) is 2. The van der Waals surface area contributed by atoms with Crippen LogP contribution in [-0.4, -0.2) is 71.4 Å². The molecule has 1 spiro atoms. The minimum atomic E-state index is -4.82. The molecular formula is C31H33F3N6O4. The first-order chi connectivity index (χ1) is 21.0. The average Bonchev–Trinajstić information content (AvgIpc) is 3.79. The molecule has 2 aromatic carbocycles. The summed E-state index contributed by atoms with van der Waals surface area (Å²) in [4.78, 5) is 37.9. The predicted molar refractivity (Wildman–Crippen MR) is 155 cm³/mol. The van der Waals surface area contributed by atoms with Crippen molar-refractivity contribution in [2.75, 3.05) is 39.1 Å². The molecule has 3 aromatic rings. The van der Waals surface area contributed by atoms with Crippen molar-refractivity contribution in [3.05, 3.63) is 64.8 Å². The van der Waals surface area contributed by atoms with Crippen LogP contribution in [0.1, 0.15) is 64.4 Å². The summed E-state index contributed by atoms with van der Waals surface area (Å²) < 4.78 is 53.2. The number of amides is 2. The Labute approximate surface area is 252 Å². The number of likely N-dealkylation sites (tertiary alicyclic amines) is 1. The maximum Gasteiger partial charge on any atom is 0.423 e. The molecule has 2 fully saturated rings. The zero-order chi connectivity index (χ0) is 31.2. The molecule has 2 amide bonds. The van der Waals surface area contributed by atoms with Crippen LogP contribution >= 0.6 is 0 Å². The summed E-state index contributed by atoms with van der Waals surface area (Å²) >= 11 is 0. The molecule has 10 nitrogen and oxygen atoms in total. The van der Waals surface area contributed by atoms with Crippen LogP contribution in [0.15, 0.2) is 42.6 Å². The molecule has 0 radical (unpaired) electrons. The van der Waals surface area contributed by atoms with Gasteiger partial charge in [0.05, 0.1) is 23.9 Å². The van der Waals surface area contributed by atoms with Crippen LogP contribution in [0.5, 0.6) is 17.4 Å². The molecular weight excluding hydrogens is 577 g/mol. The van der Waals surface area contributed by atoms with Crippen molar-refractivity contribution in [3.63, 3.8) is 0 Å². The van der Waals surface area contributed by atoms with Crippen molar-refractivity contribution in [2.45, 2.75) is 50.4 Å². The molecule has 1 saturated heterocycles. The van der Waals surface area contributed by atoms with E-state index >= 15 is 0 Å². The molecule has 0 bridgehead atoms. The quantitative estimate of drug-likeness (QED) is 0.353. The second-order valence-electron chi connectivity index (χ2n) is 11.3. The van der Waals surface area contributed by atoms with E-state index in [2.05, 4.69) is 32.4 Å². The third-order valence-corrected chi connectivity index (χ3v) is 8.76. The lowest BCUT2D eigenvalue weighted by Gasteiger charge is -2.31. The van der Waals surface area contributed by atoms with Crippen LogP contribution in [-0.2, 0) is 11.7 Å². The highest BCUT2D eigenvalue weighted by Crippen LogP contribution is 2.57. The average molecular weight is 611 g/mol. The highest BCUT2D eigenvalue weighted by atomic mass is 19.4. The molecule has 0 unspecified atom stereocenters. The zero-order valence-electron chi connectivity index (χ0n) is 24.6. The number of benzene rings is 2. The van der Waals surface area contributed by atoms with E-state index in [1.807, 2.05) is 0 Å². The first kappa shape index (κ1) is 29.7. The number of ether oxygens (including phenoxy) is 2. The number of aromatic nitrogens is 2. The Kier molecular flexibility index (Phi) is 7.60. The van der Waals surface area contributed by atoms with Gasteiger partial charge in [-0.1, -0.05) is 19.1 Å². The van der Waals surface area contributed by atoms with Crippen LogP contribution in [0, 0.1) is 0 Å². The highest BCUT2D eigenvalue weighted by Gasteiger charge is 2.57. The van der Waals surface area contributed by atoms with E-state index < -0.39 is 23.2 Å². The van der Waals surface area contributed by atoms with Gasteiger partial charge in [-0.15, -0.1) is 0 Å².